The Morgan fingerprint density at radius 3 is 1.36 bits per heavy atom. The van der Waals surface area contributed by atoms with Crippen LogP contribution in [0.3, 0.4) is 0 Å². The first-order valence-electron chi connectivity index (χ1n) is 9.49. The van der Waals surface area contributed by atoms with Crippen LogP contribution in [0.2, 0.25) is 0 Å². The van der Waals surface area contributed by atoms with Crippen LogP contribution in [0.15, 0.2) is 48.5 Å². The van der Waals surface area contributed by atoms with Gasteiger partial charge in [-0.05, 0) is 74.5 Å². The van der Waals surface area contributed by atoms with E-state index in [0.29, 0.717) is 24.3 Å². The second-order valence-electron chi connectivity index (χ2n) is 6.18. The Hall–Kier alpha value is -3.06. The number of nitrogens with zero attached hydrogens (tertiary/aromatic N) is 2. The van der Waals surface area contributed by atoms with Gasteiger partial charge in [0.25, 0.3) is 0 Å². The van der Waals surface area contributed by atoms with Gasteiger partial charge in [-0.15, -0.1) is 0 Å². The molecule has 0 unspecified atom stereocenters. The highest BCUT2D eigenvalue weighted by molar-refractivity contribution is 5.35. The second-order valence-corrected chi connectivity index (χ2v) is 6.18. The van der Waals surface area contributed by atoms with E-state index < -0.39 is 0 Å². The summed E-state index contributed by atoms with van der Waals surface area (Å²) in [6.45, 7) is 4.93. The van der Waals surface area contributed by atoms with Crippen molar-refractivity contribution in [3.8, 4) is 23.6 Å². The van der Waals surface area contributed by atoms with E-state index in [2.05, 4.69) is 22.8 Å². The summed E-state index contributed by atoms with van der Waals surface area (Å²) >= 11 is 0. The first-order valence-corrected chi connectivity index (χ1v) is 9.49. The van der Waals surface area contributed by atoms with Crippen molar-refractivity contribution >= 4 is 0 Å². The van der Waals surface area contributed by atoms with Crippen molar-refractivity contribution in [3.05, 3.63) is 59.7 Å². The van der Waals surface area contributed by atoms with Crippen LogP contribution in [-0.4, -0.2) is 39.4 Å². The Morgan fingerprint density at radius 1 is 0.607 bits per heavy atom. The molecule has 0 saturated heterocycles. The highest BCUT2D eigenvalue weighted by Crippen LogP contribution is 2.12. The lowest BCUT2D eigenvalue weighted by Crippen LogP contribution is -2.29. The van der Waals surface area contributed by atoms with Gasteiger partial charge in [0.1, 0.15) is 11.5 Å². The number of benzene rings is 2. The summed E-state index contributed by atoms with van der Waals surface area (Å²) in [7, 11) is 0. The molecule has 6 heteroatoms. The van der Waals surface area contributed by atoms with Gasteiger partial charge in [-0.1, -0.05) is 0 Å². The minimum absolute atomic E-state index is 0.641. The smallest absolute Gasteiger partial charge is 0.119 e. The first-order chi connectivity index (χ1) is 13.8. The summed E-state index contributed by atoms with van der Waals surface area (Å²) in [5.74, 6) is 1.59. The third kappa shape index (κ3) is 8.55. The zero-order chi connectivity index (χ0) is 19.9. The van der Waals surface area contributed by atoms with E-state index in [9.17, 15) is 0 Å². The topological polar surface area (TPSA) is 90.1 Å². The minimum atomic E-state index is 0.641. The summed E-state index contributed by atoms with van der Waals surface area (Å²) in [6, 6.07) is 18.5. The Kier molecular flexibility index (Phi) is 9.98. The van der Waals surface area contributed by atoms with Crippen LogP contribution in [0.1, 0.15) is 24.0 Å². The van der Waals surface area contributed by atoms with Crippen molar-refractivity contribution < 1.29 is 9.47 Å². The Morgan fingerprint density at radius 2 is 1.00 bits per heavy atom. The Bertz CT molecular complexity index is 694. The summed E-state index contributed by atoms with van der Waals surface area (Å²) in [5, 5.41) is 24.2. The first kappa shape index (κ1) is 21.2. The van der Waals surface area contributed by atoms with Crippen molar-refractivity contribution in [1.29, 1.82) is 10.5 Å². The SMILES string of the molecule is N#Cc1ccc(OCCCNCCNCCCOc2ccc(C#N)cc2)cc1. The summed E-state index contributed by atoms with van der Waals surface area (Å²) in [4.78, 5) is 0. The van der Waals surface area contributed by atoms with Crippen molar-refractivity contribution in [3.63, 3.8) is 0 Å². The predicted molar refractivity (Wildman–Crippen MR) is 108 cm³/mol. The molecular formula is C22H26N4O2. The summed E-state index contributed by atoms with van der Waals surface area (Å²) < 4.78 is 11.3. The number of hydrogen-bond donors (Lipinski definition) is 2. The van der Waals surface area contributed by atoms with E-state index in [0.717, 1.165) is 50.5 Å². The van der Waals surface area contributed by atoms with Crippen LogP contribution in [0.4, 0.5) is 0 Å². The molecule has 0 radical (unpaired) electrons. The van der Waals surface area contributed by atoms with Crippen molar-refractivity contribution in [2.24, 2.45) is 0 Å². The zero-order valence-corrected chi connectivity index (χ0v) is 16.0. The lowest BCUT2D eigenvalue weighted by molar-refractivity contribution is 0.305. The molecule has 0 aliphatic carbocycles. The van der Waals surface area contributed by atoms with Gasteiger partial charge in [0.15, 0.2) is 0 Å². The lowest BCUT2D eigenvalue weighted by Gasteiger charge is -2.09. The van der Waals surface area contributed by atoms with Crippen LogP contribution < -0.4 is 20.1 Å². The molecule has 0 spiro atoms. The number of nitriles is 2. The summed E-state index contributed by atoms with van der Waals surface area (Å²) in [5.41, 5.74) is 1.28. The largest absolute Gasteiger partial charge is 0.494 e. The molecule has 0 bridgehead atoms. The molecular weight excluding hydrogens is 352 g/mol. The third-order valence-electron chi connectivity index (χ3n) is 3.98. The van der Waals surface area contributed by atoms with E-state index in [1.807, 2.05) is 24.3 Å². The molecule has 0 heterocycles. The van der Waals surface area contributed by atoms with Crippen molar-refractivity contribution in [1.82, 2.24) is 10.6 Å². The maximum absolute atomic E-state index is 8.75. The van der Waals surface area contributed by atoms with Gasteiger partial charge in [-0.3, -0.25) is 0 Å². The summed E-state index contributed by atoms with van der Waals surface area (Å²) in [6.07, 6.45) is 1.86. The van der Waals surface area contributed by atoms with Crippen LogP contribution in [0, 0.1) is 22.7 Å². The molecule has 6 nitrogen and oxygen atoms in total. The average Bonchev–Trinajstić information content (AvgIpc) is 2.75. The Labute approximate surface area is 166 Å². The monoisotopic (exact) mass is 378 g/mol. The number of ether oxygens (including phenoxy) is 2. The van der Waals surface area contributed by atoms with Gasteiger partial charge in [0.05, 0.1) is 36.5 Å². The molecule has 2 aromatic carbocycles. The molecule has 0 amide bonds. The molecule has 146 valence electrons. The van der Waals surface area contributed by atoms with E-state index in [4.69, 9.17) is 20.0 Å². The molecule has 0 aromatic heterocycles. The fourth-order valence-corrected chi connectivity index (χ4v) is 2.45. The van der Waals surface area contributed by atoms with Gasteiger partial charge >= 0.3 is 0 Å². The zero-order valence-electron chi connectivity index (χ0n) is 16.0. The average molecular weight is 378 g/mol. The van der Waals surface area contributed by atoms with Gasteiger partial charge in [-0.25, -0.2) is 0 Å². The maximum atomic E-state index is 8.75. The van der Waals surface area contributed by atoms with Gasteiger partial charge in [0, 0.05) is 13.1 Å². The van der Waals surface area contributed by atoms with Gasteiger partial charge in [-0.2, -0.15) is 10.5 Å². The van der Waals surface area contributed by atoms with Crippen LogP contribution in [-0.2, 0) is 0 Å². The molecule has 2 aromatic rings. The maximum Gasteiger partial charge on any atom is 0.119 e. The van der Waals surface area contributed by atoms with Gasteiger partial charge < -0.3 is 20.1 Å². The molecule has 0 saturated carbocycles. The number of nitrogens with one attached hydrogen (secondary N) is 2. The Balaban J connectivity index is 1.37. The third-order valence-corrected chi connectivity index (χ3v) is 3.98. The standard InChI is InChI=1S/C22H26N4O2/c23-17-19-3-7-21(8-4-19)27-15-1-11-25-13-14-26-12-2-16-28-22-9-5-20(18-24)6-10-22/h3-10,25-26H,1-2,11-16H2. The molecule has 0 aliphatic heterocycles. The van der Waals surface area contributed by atoms with Crippen LogP contribution in [0.25, 0.3) is 0 Å². The molecule has 2 N–H and O–H groups in total. The van der Waals surface area contributed by atoms with Crippen LogP contribution in [0.5, 0.6) is 11.5 Å². The molecule has 28 heavy (non-hydrogen) atoms. The fourth-order valence-electron chi connectivity index (χ4n) is 2.45. The van der Waals surface area contributed by atoms with E-state index in [1.165, 1.54) is 0 Å². The molecule has 2 rings (SSSR count). The second kappa shape index (κ2) is 13.2. The highest BCUT2D eigenvalue weighted by Gasteiger charge is 1.96. The predicted octanol–water partition coefficient (Wildman–Crippen LogP) is 2.85. The lowest BCUT2D eigenvalue weighted by atomic mass is 10.2. The van der Waals surface area contributed by atoms with Gasteiger partial charge in [0.2, 0.25) is 0 Å². The number of rotatable bonds is 13. The van der Waals surface area contributed by atoms with E-state index in [-0.39, 0.29) is 0 Å². The van der Waals surface area contributed by atoms with Crippen molar-refractivity contribution in [2.75, 3.05) is 39.4 Å². The molecule has 0 fully saturated rings. The van der Waals surface area contributed by atoms with E-state index >= 15 is 0 Å². The highest BCUT2D eigenvalue weighted by atomic mass is 16.5. The minimum Gasteiger partial charge on any atom is -0.494 e. The van der Waals surface area contributed by atoms with E-state index in [1.54, 1.807) is 24.3 Å². The van der Waals surface area contributed by atoms with Crippen LogP contribution >= 0.6 is 0 Å². The molecule has 0 atom stereocenters. The van der Waals surface area contributed by atoms with Crippen molar-refractivity contribution in [2.45, 2.75) is 12.8 Å². The molecule has 0 aliphatic rings. The fraction of sp³-hybridized carbons (Fsp3) is 0.364. The normalized spacial score (nSPS) is 10.1. The quantitative estimate of drug-likeness (QED) is 0.521. The number of hydrogen-bond acceptors (Lipinski definition) is 6.